The lowest BCUT2D eigenvalue weighted by atomic mass is 10.1. The molecule has 0 N–H and O–H groups in total. The van der Waals surface area contributed by atoms with Gasteiger partial charge in [-0.15, -0.1) is 0 Å². The SMILES string of the molecule is O=c1sccn1CCc1ccccc1[N+](=O)[O-]. The Kier molecular flexibility index (Phi) is 3.34. The van der Waals surface area contributed by atoms with Crippen LogP contribution in [0.15, 0.2) is 40.6 Å². The van der Waals surface area contributed by atoms with Crippen molar-refractivity contribution in [2.75, 3.05) is 0 Å². The summed E-state index contributed by atoms with van der Waals surface area (Å²) in [6.07, 6.45) is 2.18. The highest BCUT2D eigenvalue weighted by molar-refractivity contribution is 7.07. The van der Waals surface area contributed by atoms with Crippen molar-refractivity contribution in [2.45, 2.75) is 13.0 Å². The van der Waals surface area contributed by atoms with E-state index in [-0.39, 0.29) is 10.6 Å². The minimum Gasteiger partial charge on any atom is -0.306 e. The second-order valence-corrected chi connectivity index (χ2v) is 4.36. The van der Waals surface area contributed by atoms with Crippen molar-refractivity contribution < 1.29 is 4.92 Å². The maximum absolute atomic E-state index is 11.3. The zero-order valence-electron chi connectivity index (χ0n) is 8.91. The van der Waals surface area contributed by atoms with Gasteiger partial charge in [-0.25, -0.2) is 0 Å². The number of nitro benzene ring substituents is 1. The molecule has 0 aliphatic carbocycles. The van der Waals surface area contributed by atoms with E-state index in [9.17, 15) is 14.9 Å². The predicted molar refractivity (Wildman–Crippen MR) is 65.4 cm³/mol. The largest absolute Gasteiger partial charge is 0.307 e. The van der Waals surface area contributed by atoms with Gasteiger partial charge in [-0.05, 0) is 6.42 Å². The molecule has 0 fully saturated rings. The van der Waals surface area contributed by atoms with Crippen molar-refractivity contribution in [3.05, 3.63) is 61.2 Å². The molecule has 0 unspecified atom stereocenters. The highest BCUT2D eigenvalue weighted by Crippen LogP contribution is 2.18. The number of rotatable bonds is 4. The molecular formula is C11H10N2O3S. The van der Waals surface area contributed by atoms with Crippen LogP contribution in [0.3, 0.4) is 0 Å². The van der Waals surface area contributed by atoms with Gasteiger partial charge in [0.2, 0.25) is 0 Å². The number of benzene rings is 1. The van der Waals surface area contributed by atoms with Crippen LogP contribution in [0.4, 0.5) is 5.69 Å². The molecule has 1 aromatic carbocycles. The van der Waals surface area contributed by atoms with Crippen LogP contribution in [-0.2, 0) is 13.0 Å². The van der Waals surface area contributed by atoms with Crippen LogP contribution in [0.1, 0.15) is 5.56 Å². The summed E-state index contributed by atoms with van der Waals surface area (Å²) in [7, 11) is 0. The third kappa shape index (κ3) is 2.59. The molecule has 2 rings (SSSR count). The Labute approximate surface area is 101 Å². The fourth-order valence-corrected chi connectivity index (χ4v) is 2.21. The van der Waals surface area contributed by atoms with E-state index in [1.165, 1.54) is 6.07 Å². The first-order valence-corrected chi connectivity index (χ1v) is 5.92. The zero-order valence-corrected chi connectivity index (χ0v) is 9.72. The van der Waals surface area contributed by atoms with Crippen LogP contribution in [0.2, 0.25) is 0 Å². The molecule has 17 heavy (non-hydrogen) atoms. The van der Waals surface area contributed by atoms with Gasteiger partial charge in [0.25, 0.3) is 5.69 Å². The summed E-state index contributed by atoms with van der Waals surface area (Å²) in [4.78, 5) is 21.7. The molecule has 2 aromatic rings. The summed E-state index contributed by atoms with van der Waals surface area (Å²) in [6, 6.07) is 6.60. The topological polar surface area (TPSA) is 65.1 Å². The Morgan fingerprint density at radius 3 is 2.76 bits per heavy atom. The van der Waals surface area contributed by atoms with Crippen LogP contribution in [-0.4, -0.2) is 9.49 Å². The van der Waals surface area contributed by atoms with Gasteiger partial charge in [-0.1, -0.05) is 29.5 Å². The van der Waals surface area contributed by atoms with Gasteiger partial charge < -0.3 is 4.57 Å². The molecule has 0 atom stereocenters. The fourth-order valence-electron chi connectivity index (χ4n) is 1.60. The van der Waals surface area contributed by atoms with E-state index in [1.54, 1.807) is 34.3 Å². The monoisotopic (exact) mass is 250 g/mol. The molecule has 0 aliphatic heterocycles. The van der Waals surface area contributed by atoms with Gasteiger partial charge in [-0.2, -0.15) is 0 Å². The van der Waals surface area contributed by atoms with E-state index < -0.39 is 4.92 Å². The Hall–Kier alpha value is -1.95. The van der Waals surface area contributed by atoms with Crippen molar-refractivity contribution in [3.63, 3.8) is 0 Å². The molecule has 5 nitrogen and oxygen atoms in total. The summed E-state index contributed by atoms with van der Waals surface area (Å²) >= 11 is 1.12. The molecular weight excluding hydrogens is 240 g/mol. The lowest BCUT2D eigenvalue weighted by molar-refractivity contribution is -0.385. The minimum absolute atomic E-state index is 0.0383. The van der Waals surface area contributed by atoms with Gasteiger partial charge in [-0.3, -0.25) is 14.9 Å². The van der Waals surface area contributed by atoms with Crippen LogP contribution in [0.25, 0.3) is 0 Å². The van der Waals surface area contributed by atoms with E-state index in [1.807, 2.05) is 0 Å². The molecule has 88 valence electrons. The third-order valence-electron chi connectivity index (χ3n) is 2.45. The molecule has 0 bridgehead atoms. The number of hydrogen-bond donors (Lipinski definition) is 0. The molecule has 0 saturated carbocycles. The number of nitrogens with zero attached hydrogens (tertiary/aromatic N) is 2. The summed E-state index contributed by atoms with van der Waals surface area (Å²) in [5, 5.41) is 12.5. The average molecular weight is 250 g/mol. The summed E-state index contributed by atoms with van der Waals surface area (Å²) in [5.74, 6) is 0. The van der Waals surface area contributed by atoms with Crippen molar-refractivity contribution >= 4 is 17.0 Å². The average Bonchev–Trinajstić information content (AvgIpc) is 2.72. The van der Waals surface area contributed by atoms with Crippen LogP contribution < -0.4 is 4.87 Å². The fraction of sp³-hybridized carbons (Fsp3) is 0.182. The quantitative estimate of drug-likeness (QED) is 0.616. The smallest absolute Gasteiger partial charge is 0.306 e. The van der Waals surface area contributed by atoms with Gasteiger partial charge >= 0.3 is 4.87 Å². The van der Waals surface area contributed by atoms with E-state index in [0.717, 1.165) is 11.3 Å². The molecule has 0 radical (unpaired) electrons. The molecule has 6 heteroatoms. The third-order valence-corrected chi connectivity index (χ3v) is 3.15. The molecule has 1 aromatic heterocycles. The number of thiazole rings is 1. The first-order valence-electron chi connectivity index (χ1n) is 5.04. The standard InChI is InChI=1S/C11H10N2O3S/c14-11-12(7-8-17-11)6-5-9-3-1-2-4-10(9)13(15)16/h1-4,7-8H,5-6H2. The van der Waals surface area contributed by atoms with Crippen molar-refractivity contribution in [1.29, 1.82) is 0 Å². The Morgan fingerprint density at radius 2 is 2.12 bits per heavy atom. The summed E-state index contributed by atoms with van der Waals surface area (Å²) in [5.41, 5.74) is 0.756. The van der Waals surface area contributed by atoms with Crippen molar-refractivity contribution in [3.8, 4) is 0 Å². The van der Waals surface area contributed by atoms with Crippen molar-refractivity contribution in [1.82, 2.24) is 4.57 Å². The van der Waals surface area contributed by atoms with Crippen LogP contribution >= 0.6 is 11.3 Å². The van der Waals surface area contributed by atoms with Crippen LogP contribution in [0, 0.1) is 10.1 Å². The molecule has 0 aliphatic rings. The molecule has 0 spiro atoms. The number of nitro groups is 1. The van der Waals surface area contributed by atoms with Gasteiger partial charge in [0, 0.05) is 29.8 Å². The van der Waals surface area contributed by atoms with Crippen molar-refractivity contribution in [2.24, 2.45) is 0 Å². The first-order chi connectivity index (χ1) is 8.18. The first kappa shape index (κ1) is 11.5. The van der Waals surface area contributed by atoms with E-state index in [0.29, 0.717) is 18.5 Å². The normalized spacial score (nSPS) is 10.4. The number of aromatic nitrogens is 1. The second-order valence-electron chi connectivity index (χ2n) is 3.50. The van der Waals surface area contributed by atoms with E-state index in [2.05, 4.69) is 0 Å². The zero-order chi connectivity index (χ0) is 12.3. The Balaban J connectivity index is 2.17. The lowest BCUT2D eigenvalue weighted by Crippen LogP contribution is -2.13. The Bertz CT molecular complexity index is 588. The second kappa shape index (κ2) is 4.92. The van der Waals surface area contributed by atoms with E-state index in [4.69, 9.17) is 0 Å². The lowest BCUT2D eigenvalue weighted by Gasteiger charge is -2.03. The molecule has 1 heterocycles. The molecule has 0 amide bonds. The van der Waals surface area contributed by atoms with Gasteiger partial charge in [0.15, 0.2) is 0 Å². The molecule has 0 saturated heterocycles. The predicted octanol–water partition coefficient (Wildman–Crippen LogP) is 2.06. The van der Waals surface area contributed by atoms with E-state index >= 15 is 0 Å². The minimum atomic E-state index is -0.397. The van der Waals surface area contributed by atoms with Crippen LogP contribution in [0.5, 0.6) is 0 Å². The summed E-state index contributed by atoms with van der Waals surface area (Å²) in [6.45, 7) is 0.465. The highest BCUT2D eigenvalue weighted by atomic mass is 32.1. The number of hydrogen-bond acceptors (Lipinski definition) is 4. The highest BCUT2D eigenvalue weighted by Gasteiger charge is 2.11. The maximum atomic E-state index is 11.3. The summed E-state index contributed by atoms with van der Waals surface area (Å²) < 4.78 is 1.56. The number of aryl methyl sites for hydroxylation is 2. The number of para-hydroxylation sites is 1. The van der Waals surface area contributed by atoms with Gasteiger partial charge in [0.05, 0.1) is 4.92 Å². The Morgan fingerprint density at radius 1 is 1.35 bits per heavy atom. The maximum Gasteiger partial charge on any atom is 0.307 e. The van der Waals surface area contributed by atoms with Gasteiger partial charge in [0.1, 0.15) is 0 Å².